The van der Waals surface area contributed by atoms with Crippen LogP contribution < -0.4 is 15.2 Å². The number of anilines is 1. The second kappa shape index (κ2) is 7.75. The average molecular weight is 394 g/mol. The summed E-state index contributed by atoms with van der Waals surface area (Å²) in [5, 5.41) is 0. The van der Waals surface area contributed by atoms with E-state index in [0.717, 1.165) is 19.3 Å². The van der Waals surface area contributed by atoms with Gasteiger partial charge in [-0.05, 0) is 52.2 Å². The van der Waals surface area contributed by atoms with Gasteiger partial charge in [0.25, 0.3) is 0 Å². The Morgan fingerprint density at radius 2 is 2.19 bits per heavy atom. The van der Waals surface area contributed by atoms with Crippen molar-refractivity contribution in [2.24, 2.45) is 10.1 Å². The summed E-state index contributed by atoms with van der Waals surface area (Å²) >= 11 is -1.58. The van der Waals surface area contributed by atoms with Crippen LogP contribution in [0.3, 0.4) is 0 Å². The summed E-state index contributed by atoms with van der Waals surface area (Å²) in [5.41, 5.74) is 6.62. The molecule has 2 heterocycles. The maximum absolute atomic E-state index is 12.5. The van der Waals surface area contributed by atoms with Crippen molar-refractivity contribution in [2.75, 3.05) is 17.9 Å². The van der Waals surface area contributed by atoms with Crippen molar-refractivity contribution in [3.05, 3.63) is 23.8 Å². The third kappa shape index (κ3) is 4.71. The molecule has 3 rings (SSSR count). The number of carbonyl (C=O) groups is 1. The van der Waals surface area contributed by atoms with E-state index in [-0.39, 0.29) is 18.0 Å². The van der Waals surface area contributed by atoms with Gasteiger partial charge in [-0.1, -0.05) is 6.07 Å². The summed E-state index contributed by atoms with van der Waals surface area (Å²) in [5.74, 6) is 0.720. The molecule has 0 radical (unpaired) electrons. The molecule has 3 N–H and O–H groups in total. The van der Waals surface area contributed by atoms with Crippen LogP contribution in [0.4, 0.5) is 10.5 Å². The number of likely N-dealkylation sites (tertiary alicyclic amines) is 1. The predicted octanol–water partition coefficient (Wildman–Crippen LogP) is 2.56. The van der Waals surface area contributed by atoms with Crippen LogP contribution >= 0.6 is 0 Å². The predicted molar refractivity (Wildman–Crippen MR) is 105 cm³/mol. The van der Waals surface area contributed by atoms with Gasteiger partial charge >= 0.3 is 6.09 Å². The molecular formula is C18H26N4O4S. The smallest absolute Gasteiger partial charge is 0.410 e. The van der Waals surface area contributed by atoms with E-state index in [1.165, 1.54) is 0 Å². The van der Waals surface area contributed by atoms with Crippen LogP contribution in [0.25, 0.3) is 0 Å². The number of benzene rings is 1. The molecule has 0 spiro atoms. The highest BCUT2D eigenvalue weighted by Crippen LogP contribution is 2.30. The van der Waals surface area contributed by atoms with E-state index in [2.05, 4.69) is 9.12 Å². The Morgan fingerprint density at radius 3 is 2.93 bits per heavy atom. The largest absolute Gasteiger partial charge is 0.491 e. The van der Waals surface area contributed by atoms with E-state index in [9.17, 15) is 9.00 Å². The third-order valence-electron chi connectivity index (χ3n) is 4.35. The van der Waals surface area contributed by atoms with Crippen LogP contribution in [0.5, 0.6) is 5.75 Å². The molecule has 0 saturated carbocycles. The Labute approximate surface area is 161 Å². The molecule has 0 aliphatic carbocycles. The highest BCUT2D eigenvalue weighted by Gasteiger charge is 2.31. The van der Waals surface area contributed by atoms with Crippen LogP contribution in [0.2, 0.25) is 0 Å². The number of piperidine rings is 1. The summed E-state index contributed by atoms with van der Waals surface area (Å²) in [4.78, 5) is 14.3. The molecule has 1 aromatic carbocycles. The van der Waals surface area contributed by atoms with Crippen LogP contribution in [0, 0.1) is 0 Å². The van der Waals surface area contributed by atoms with E-state index < -0.39 is 16.8 Å². The average Bonchev–Trinajstić information content (AvgIpc) is 2.58. The minimum absolute atomic E-state index is 0.0756. The molecule has 2 atom stereocenters. The number of nitrogens with two attached hydrogens (primary N) is 1. The second-order valence-electron chi connectivity index (χ2n) is 7.64. The van der Waals surface area contributed by atoms with Gasteiger partial charge < -0.3 is 20.1 Å². The van der Waals surface area contributed by atoms with Crippen LogP contribution in [-0.2, 0) is 15.9 Å². The SMILES string of the molecule is CC(C)(C)OC(=O)N1CCCCC1COc1cccc2c1C(N)=NS(=O)N2. The van der Waals surface area contributed by atoms with Crippen molar-refractivity contribution in [3.8, 4) is 5.75 Å². The topological polar surface area (TPSA) is 106 Å². The zero-order valence-electron chi connectivity index (χ0n) is 15.9. The van der Waals surface area contributed by atoms with Crippen LogP contribution in [-0.4, -0.2) is 45.8 Å². The lowest BCUT2D eigenvalue weighted by molar-refractivity contribution is 0.00360. The number of nitrogens with zero attached hydrogens (tertiary/aromatic N) is 2. The maximum Gasteiger partial charge on any atom is 0.410 e. The molecule has 2 unspecified atom stereocenters. The molecular weight excluding hydrogens is 368 g/mol. The number of ether oxygens (including phenoxy) is 2. The first-order valence-electron chi connectivity index (χ1n) is 9.03. The van der Waals surface area contributed by atoms with E-state index in [4.69, 9.17) is 15.2 Å². The number of hydrogen-bond acceptors (Lipinski definition) is 5. The molecule has 148 valence electrons. The van der Waals surface area contributed by atoms with Gasteiger partial charge in [-0.15, -0.1) is 0 Å². The lowest BCUT2D eigenvalue weighted by Crippen LogP contribution is -2.48. The molecule has 9 heteroatoms. The van der Waals surface area contributed by atoms with Gasteiger partial charge in [-0.3, -0.25) is 4.72 Å². The molecule has 1 aromatic rings. The van der Waals surface area contributed by atoms with E-state index in [1.54, 1.807) is 23.1 Å². The van der Waals surface area contributed by atoms with E-state index >= 15 is 0 Å². The number of rotatable bonds is 3. The summed E-state index contributed by atoms with van der Waals surface area (Å²) in [6.07, 6.45) is 2.51. The molecule has 0 aromatic heterocycles. The summed E-state index contributed by atoms with van der Waals surface area (Å²) in [6.45, 7) is 6.55. The summed E-state index contributed by atoms with van der Waals surface area (Å²) in [7, 11) is 0. The fourth-order valence-corrected chi connectivity index (χ4v) is 3.85. The van der Waals surface area contributed by atoms with Crippen LogP contribution in [0.15, 0.2) is 22.6 Å². The van der Waals surface area contributed by atoms with Crippen molar-refractivity contribution in [1.82, 2.24) is 4.90 Å². The summed E-state index contributed by atoms with van der Waals surface area (Å²) < 4.78 is 29.8. The maximum atomic E-state index is 12.5. The van der Waals surface area contributed by atoms with Gasteiger partial charge in [-0.2, -0.15) is 4.40 Å². The normalized spacial score (nSPS) is 22.3. The Bertz CT molecular complexity index is 775. The van der Waals surface area contributed by atoms with Gasteiger partial charge in [-0.25, -0.2) is 9.00 Å². The molecule has 27 heavy (non-hydrogen) atoms. The third-order valence-corrected chi connectivity index (χ3v) is 5.10. The van der Waals surface area contributed by atoms with Crippen molar-refractivity contribution >= 4 is 28.8 Å². The highest BCUT2D eigenvalue weighted by molar-refractivity contribution is 7.85. The minimum atomic E-state index is -1.58. The zero-order valence-corrected chi connectivity index (χ0v) is 16.7. The Kier molecular flexibility index (Phi) is 5.59. The Balaban J connectivity index is 1.73. The molecule has 1 saturated heterocycles. The number of hydrogen-bond donors (Lipinski definition) is 2. The Morgan fingerprint density at radius 1 is 1.41 bits per heavy atom. The lowest BCUT2D eigenvalue weighted by atomic mass is 10.0. The summed E-state index contributed by atoms with van der Waals surface area (Å²) in [6, 6.07) is 5.28. The first-order chi connectivity index (χ1) is 12.7. The Hall–Kier alpha value is -2.29. The van der Waals surface area contributed by atoms with Crippen LogP contribution in [0.1, 0.15) is 45.6 Å². The first-order valence-corrected chi connectivity index (χ1v) is 10.1. The van der Waals surface area contributed by atoms with Crippen molar-refractivity contribution < 1.29 is 18.5 Å². The van der Waals surface area contributed by atoms with Crippen molar-refractivity contribution in [3.63, 3.8) is 0 Å². The van der Waals surface area contributed by atoms with Gasteiger partial charge in [0.1, 0.15) is 23.8 Å². The molecule has 8 nitrogen and oxygen atoms in total. The van der Waals surface area contributed by atoms with Gasteiger partial charge in [0.05, 0.1) is 17.3 Å². The molecule has 0 bridgehead atoms. The van der Waals surface area contributed by atoms with E-state index in [0.29, 0.717) is 30.2 Å². The quantitative estimate of drug-likeness (QED) is 0.819. The lowest BCUT2D eigenvalue weighted by Gasteiger charge is -2.36. The van der Waals surface area contributed by atoms with Crippen molar-refractivity contribution in [2.45, 2.75) is 51.7 Å². The fourth-order valence-electron chi connectivity index (χ4n) is 3.17. The molecule has 2 aliphatic heterocycles. The zero-order chi connectivity index (χ0) is 19.6. The molecule has 1 amide bonds. The highest BCUT2D eigenvalue weighted by atomic mass is 32.2. The van der Waals surface area contributed by atoms with Gasteiger partial charge in [0.15, 0.2) is 0 Å². The van der Waals surface area contributed by atoms with Crippen molar-refractivity contribution in [1.29, 1.82) is 0 Å². The first kappa shape index (κ1) is 19.5. The fraction of sp³-hybridized carbons (Fsp3) is 0.556. The standard InChI is InChI=1S/C18H26N4O4S/c1-18(2,3)26-17(23)22-10-5-4-7-12(22)11-25-14-9-6-8-13-15(14)16(19)21-27(24)20-13/h6,8-9,12,20H,4-5,7,10-11H2,1-3H3,(H2,19,21). The molecule has 2 aliphatic rings. The molecule has 1 fully saturated rings. The number of nitrogens with one attached hydrogen (secondary N) is 1. The number of carbonyl (C=O) groups excluding carboxylic acids is 1. The van der Waals surface area contributed by atoms with E-state index in [1.807, 2.05) is 20.8 Å². The van der Waals surface area contributed by atoms with Gasteiger partial charge in [0, 0.05) is 6.54 Å². The van der Waals surface area contributed by atoms with Gasteiger partial charge in [0.2, 0.25) is 11.2 Å². The number of fused-ring (bicyclic) bond motifs is 1. The monoisotopic (exact) mass is 394 g/mol. The second-order valence-corrected chi connectivity index (χ2v) is 8.53. The number of amidine groups is 1. The minimum Gasteiger partial charge on any atom is -0.491 e. The number of amides is 1.